The Morgan fingerprint density at radius 3 is 3.06 bits per heavy atom. The Bertz CT molecular complexity index is 486. The van der Waals surface area contributed by atoms with E-state index in [2.05, 4.69) is 20.5 Å². The van der Waals surface area contributed by atoms with Crippen LogP contribution in [0.2, 0.25) is 0 Å². The molecule has 90 valence electrons. The van der Waals surface area contributed by atoms with Crippen molar-refractivity contribution in [2.45, 2.75) is 19.9 Å². The zero-order chi connectivity index (χ0) is 12.1. The molecule has 0 fully saturated rings. The molecule has 2 rings (SSSR count). The highest BCUT2D eigenvalue weighted by Gasteiger charge is 2.05. The molecule has 0 saturated carbocycles. The topological polar surface area (TPSA) is 63.8 Å². The third-order valence-corrected chi connectivity index (χ3v) is 2.53. The van der Waals surface area contributed by atoms with Gasteiger partial charge in [-0.2, -0.15) is 0 Å². The fourth-order valence-corrected chi connectivity index (χ4v) is 1.54. The Hall–Kier alpha value is -1.62. The molecule has 0 unspecified atom stereocenters. The Labute approximate surface area is 104 Å². The predicted molar refractivity (Wildman–Crippen MR) is 65.0 cm³/mol. The highest BCUT2D eigenvalue weighted by molar-refractivity contribution is 6.17. The van der Waals surface area contributed by atoms with Crippen LogP contribution in [0.3, 0.4) is 0 Å². The van der Waals surface area contributed by atoms with Crippen LogP contribution in [0, 0.1) is 6.92 Å². The number of hydrogen-bond acceptors (Lipinski definition) is 5. The van der Waals surface area contributed by atoms with E-state index in [4.69, 9.17) is 16.0 Å². The van der Waals surface area contributed by atoms with Crippen LogP contribution in [0.5, 0.6) is 0 Å². The number of pyridine rings is 1. The normalized spacial score (nSPS) is 10.5. The number of nitrogens with one attached hydrogen (secondary N) is 1. The molecule has 17 heavy (non-hydrogen) atoms. The summed E-state index contributed by atoms with van der Waals surface area (Å²) in [6.07, 6.45) is 4.17. The fourth-order valence-electron chi connectivity index (χ4n) is 1.38. The van der Waals surface area contributed by atoms with Gasteiger partial charge in [0.05, 0.1) is 0 Å². The van der Waals surface area contributed by atoms with Crippen LogP contribution in [0.15, 0.2) is 22.9 Å². The van der Waals surface area contributed by atoms with E-state index in [1.807, 2.05) is 19.2 Å². The Morgan fingerprint density at radius 2 is 2.29 bits per heavy atom. The zero-order valence-corrected chi connectivity index (χ0v) is 10.2. The molecule has 0 aliphatic carbocycles. The Morgan fingerprint density at radius 1 is 1.41 bits per heavy atom. The molecule has 0 atom stereocenters. The lowest BCUT2D eigenvalue weighted by atomic mass is 10.2. The van der Waals surface area contributed by atoms with Gasteiger partial charge in [0.2, 0.25) is 5.89 Å². The zero-order valence-electron chi connectivity index (χ0n) is 9.48. The number of aromatic nitrogens is 3. The average molecular weight is 253 g/mol. The van der Waals surface area contributed by atoms with E-state index in [0.29, 0.717) is 30.8 Å². The lowest BCUT2D eigenvalue weighted by Gasteiger charge is -2.04. The summed E-state index contributed by atoms with van der Waals surface area (Å²) in [6.45, 7) is 2.65. The van der Waals surface area contributed by atoms with Crippen molar-refractivity contribution in [3.05, 3.63) is 35.5 Å². The van der Waals surface area contributed by atoms with Gasteiger partial charge in [0, 0.05) is 31.2 Å². The van der Waals surface area contributed by atoms with Crippen LogP contribution in [0.1, 0.15) is 17.0 Å². The molecule has 0 aliphatic rings. The van der Waals surface area contributed by atoms with Crippen molar-refractivity contribution in [2.24, 2.45) is 0 Å². The summed E-state index contributed by atoms with van der Waals surface area (Å²) < 4.78 is 5.35. The van der Waals surface area contributed by atoms with Crippen LogP contribution in [0.4, 0.5) is 6.01 Å². The fraction of sp³-hybridized carbons (Fsp3) is 0.364. The SMILES string of the molecule is Cc1cnccc1CNc1nnc(CCCl)o1. The summed E-state index contributed by atoms with van der Waals surface area (Å²) in [5.74, 6) is 1.03. The van der Waals surface area contributed by atoms with Gasteiger partial charge in [0.1, 0.15) is 0 Å². The summed E-state index contributed by atoms with van der Waals surface area (Å²) in [7, 11) is 0. The summed E-state index contributed by atoms with van der Waals surface area (Å²) in [5, 5.41) is 10.8. The molecule has 0 aliphatic heterocycles. The Balaban J connectivity index is 1.95. The minimum Gasteiger partial charge on any atom is -0.408 e. The number of halogens is 1. The molecule has 1 N–H and O–H groups in total. The number of nitrogens with zero attached hydrogens (tertiary/aromatic N) is 3. The second-order valence-corrected chi connectivity index (χ2v) is 3.97. The number of anilines is 1. The molecule has 2 aromatic rings. The van der Waals surface area contributed by atoms with Crippen molar-refractivity contribution < 1.29 is 4.42 Å². The highest BCUT2D eigenvalue weighted by Crippen LogP contribution is 2.10. The first-order valence-corrected chi connectivity index (χ1v) is 5.84. The van der Waals surface area contributed by atoms with Crippen LogP contribution >= 0.6 is 11.6 Å². The van der Waals surface area contributed by atoms with Gasteiger partial charge >= 0.3 is 6.01 Å². The van der Waals surface area contributed by atoms with Gasteiger partial charge in [-0.05, 0) is 24.1 Å². The number of hydrogen-bond donors (Lipinski definition) is 1. The molecule has 0 amide bonds. The van der Waals surface area contributed by atoms with E-state index in [1.165, 1.54) is 0 Å². The summed E-state index contributed by atoms with van der Waals surface area (Å²) in [4.78, 5) is 4.03. The highest BCUT2D eigenvalue weighted by atomic mass is 35.5. The van der Waals surface area contributed by atoms with Gasteiger partial charge in [-0.25, -0.2) is 0 Å². The van der Waals surface area contributed by atoms with E-state index >= 15 is 0 Å². The summed E-state index contributed by atoms with van der Waals surface area (Å²) in [5.41, 5.74) is 2.28. The van der Waals surface area contributed by atoms with Gasteiger partial charge in [0.15, 0.2) is 0 Å². The molecule has 2 aromatic heterocycles. The first kappa shape index (κ1) is 11.9. The first-order chi connectivity index (χ1) is 8.29. The van der Waals surface area contributed by atoms with Crippen molar-refractivity contribution in [3.63, 3.8) is 0 Å². The van der Waals surface area contributed by atoms with Crippen molar-refractivity contribution in [1.82, 2.24) is 15.2 Å². The maximum atomic E-state index is 5.58. The molecule has 0 saturated heterocycles. The van der Waals surface area contributed by atoms with Crippen LogP contribution in [-0.4, -0.2) is 21.1 Å². The van der Waals surface area contributed by atoms with Crippen molar-refractivity contribution in [3.8, 4) is 0 Å². The molecular weight excluding hydrogens is 240 g/mol. The molecule has 0 spiro atoms. The molecule has 0 aromatic carbocycles. The van der Waals surface area contributed by atoms with Crippen molar-refractivity contribution in [1.29, 1.82) is 0 Å². The minimum absolute atomic E-state index is 0.418. The van der Waals surface area contributed by atoms with E-state index in [-0.39, 0.29) is 0 Å². The molecule has 0 radical (unpaired) electrons. The van der Waals surface area contributed by atoms with Gasteiger partial charge in [0.25, 0.3) is 0 Å². The third-order valence-electron chi connectivity index (χ3n) is 2.34. The molecule has 0 bridgehead atoms. The maximum Gasteiger partial charge on any atom is 0.315 e. The number of aryl methyl sites for hydroxylation is 2. The first-order valence-electron chi connectivity index (χ1n) is 5.31. The maximum absolute atomic E-state index is 5.58. The van der Waals surface area contributed by atoms with E-state index in [0.717, 1.165) is 11.1 Å². The molecule has 2 heterocycles. The molecule has 6 heteroatoms. The Kier molecular flexibility index (Phi) is 3.93. The van der Waals surface area contributed by atoms with Gasteiger partial charge in [-0.3, -0.25) is 4.98 Å². The number of rotatable bonds is 5. The lowest BCUT2D eigenvalue weighted by Crippen LogP contribution is -2.01. The third kappa shape index (κ3) is 3.17. The number of alkyl halides is 1. The second kappa shape index (κ2) is 5.63. The summed E-state index contributed by atoms with van der Waals surface area (Å²) >= 11 is 5.58. The molecule has 5 nitrogen and oxygen atoms in total. The van der Waals surface area contributed by atoms with Crippen LogP contribution < -0.4 is 5.32 Å². The second-order valence-electron chi connectivity index (χ2n) is 3.60. The largest absolute Gasteiger partial charge is 0.408 e. The average Bonchev–Trinajstić information content (AvgIpc) is 2.76. The molecular formula is C11H13ClN4O. The van der Waals surface area contributed by atoms with Crippen molar-refractivity contribution >= 4 is 17.6 Å². The van der Waals surface area contributed by atoms with Crippen LogP contribution in [0.25, 0.3) is 0 Å². The van der Waals surface area contributed by atoms with Gasteiger partial charge in [-0.1, -0.05) is 5.10 Å². The van der Waals surface area contributed by atoms with E-state index in [9.17, 15) is 0 Å². The predicted octanol–water partition coefficient (Wildman–Crippen LogP) is 2.17. The van der Waals surface area contributed by atoms with Crippen LogP contribution in [-0.2, 0) is 13.0 Å². The van der Waals surface area contributed by atoms with Crippen molar-refractivity contribution in [2.75, 3.05) is 11.2 Å². The monoisotopic (exact) mass is 252 g/mol. The minimum atomic E-state index is 0.418. The standard InChI is InChI=1S/C11H13ClN4O/c1-8-6-13-5-3-9(8)7-14-11-16-15-10(17-11)2-4-12/h3,5-6H,2,4,7H2,1H3,(H,14,16). The summed E-state index contributed by atoms with van der Waals surface area (Å²) in [6, 6.07) is 2.37. The van der Waals surface area contributed by atoms with E-state index in [1.54, 1.807) is 6.20 Å². The quantitative estimate of drug-likeness (QED) is 0.827. The van der Waals surface area contributed by atoms with E-state index < -0.39 is 0 Å². The van der Waals surface area contributed by atoms with Gasteiger partial charge in [-0.15, -0.1) is 16.7 Å². The smallest absolute Gasteiger partial charge is 0.315 e. The lowest BCUT2D eigenvalue weighted by molar-refractivity contribution is 0.512. The van der Waals surface area contributed by atoms with Gasteiger partial charge < -0.3 is 9.73 Å².